The lowest BCUT2D eigenvalue weighted by Crippen LogP contribution is -2.06. The molecular weight excluding hydrogens is 464 g/mol. The first-order valence-electron chi connectivity index (χ1n) is 13.3. The first-order valence-corrected chi connectivity index (χ1v) is 13.3. The van der Waals surface area contributed by atoms with Crippen LogP contribution in [0, 0.1) is 0 Å². The fraction of sp³-hybridized carbons (Fsp3) is 0.118. The molecule has 0 bridgehead atoms. The molecule has 0 amide bonds. The van der Waals surface area contributed by atoms with Crippen molar-refractivity contribution in [2.75, 3.05) is 6.54 Å². The van der Waals surface area contributed by atoms with Crippen LogP contribution in [0.25, 0.3) is 50.4 Å². The molecule has 182 valence electrons. The van der Waals surface area contributed by atoms with Crippen molar-refractivity contribution in [1.29, 1.82) is 0 Å². The highest BCUT2D eigenvalue weighted by Crippen LogP contribution is 2.35. The van der Waals surface area contributed by atoms with Gasteiger partial charge in [-0.15, -0.1) is 0 Å². The number of aromatic nitrogens is 3. The van der Waals surface area contributed by atoms with E-state index in [9.17, 15) is 0 Å². The van der Waals surface area contributed by atoms with Gasteiger partial charge in [0, 0.05) is 46.8 Å². The van der Waals surface area contributed by atoms with Gasteiger partial charge in [-0.2, -0.15) is 0 Å². The summed E-state index contributed by atoms with van der Waals surface area (Å²) in [5.74, 6) is 0. The summed E-state index contributed by atoms with van der Waals surface area (Å²) in [5.41, 5.74) is 12.5. The predicted octanol–water partition coefficient (Wildman–Crippen LogP) is 7.57. The van der Waals surface area contributed by atoms with E-state index in [-0.39, 0.29) is 0 Å². The molecule has 4 heteroatoms. The van der Waals surface area contributed by atoms with Gasteiger partial charge in [0.1, 0.15) is 0 Å². The van der Waals surface area contributed by atoms with Gasteiger partial charge in [0.05, 0.1) is 22.9 Å². The summed E-state index contributed by atoms with van der Waals surface area (Å²) >= 11 is 0. The molecule has 1 aliphatic carbocycles. The van der Waals surface area contributed by atoms with Crippen LogP contribution >= 0.6 is 0 Å². The van der Waals surface area contributed by atoms with Crippen LogP contribution in [-0.4, -0.2) is 26.9 Å². The van der Waals surface area contributed by atoms with Crippen molar-refractivity contribution in [3.8, 4) is 22.5 Å². The first kappa shape index (κ1) is 21.4. The van der Waals surface area contributed by atoms with E-state index in [4.69, 9.17) is 0 Å². The molecule has 1 aliphatic heterocycles. The van der Waals surface area contributed by atoms with E-state index >= 15 is 0 Å². The maximum atomic E-state index is 4.58. The van der Waals surface area contributed by atoms with Crippen LogP contribution in [0.5, 0.6) is 0 Å². The average Bonchev–Trinajstić information content (AvgIpc) is 3.51. The number of hydrogen-bond donors (Lipinski definition) is 0. The van der Waals surface area contributed by atoms with Crippen molar-refractivity contribution in [2.45, 2.75) is 19.3 Å². The highest BCUT2D eigenvalue weighted by Gasteiger charge is 2.20. The Balaban J connectivity index is 1.17. The Morgan fingerprint density at radius 2 is 1.32 bits per heavy atom. The number of fused-ring (bicyclic) bond motifs is 6. The molecule has 6 aromatic rings. The molecule has 4 heterocycles. The van der Waals surface area contributed by atoms with E-state index in [0.717, 1.165) is 25.8 Å². The summed E-state index contributed by atoms with van der Waals surface area (Å²) < 4.78 is 4.70. The maximum absolute atomic E-state index is 4.58. The second kappa shape index (κ2) is 8.42. The van der Waals surface area contributed by atoms with Crippen LogP contribution < -0.4 is 0 Å². The van der Waals surface area contributed by atoms with Gasteiger partial charge in [-0.3, -0.25) is 9.98 Å². The van der Waals surface area contributed by atoms with Gasteiger partial charge in [0.2, 0.25) is 0 Å². The summed E-state index contributed by atoms with van der Waals surface area (Å²) in [4.78, 5) is 9.01. The second-order valence-corrected chi connectivity index (χ2v) is 10.1. The van der Waals surface area contributed by atoms with E-state index in [1.54, 1.807) is 0 Å². The second-order valence-electron chi connectivity index (χ2n) is 10.1. The normalized spacial score (nSPS) is 14.2. The van der Waals surface area contributed by atoms with Crippen LogP contribution in [0.2, 0.25) is 0 Å². The molecule has 2 aliphatic rings. The van der Waals surface area contributed by atoms with E-state index < -0.39 is 0 Å². The molecule has 0 saturated carbocycles. The molecule has 4 nitrogen and oxygen atoms in total. The molecule has 3 aromatic carbocycles. The summed E-state index contributed by atoms with van der Waals surface area (Å²) in [6.45, 7) is 0.865. The summed E-state index contributed by atoms with van der Waals surface area (Å²) in [7, 11) is 0. The SMILES string of the molecule is C1=Cc2c(c3ccncc3n2-c2ccc(-c3ccc(-n4c5c(c6ccccc64)CCN=C5)cc3)cc2)CC1. The monoisotopic (exact) mass is 490 g/mol. The van der Waals surface area contributed by atoms with E-state index in [2.05, 4.69) is 110 Å². The van der Waals surface area contributed by atoms with Crippen LogP contribution in [0.4, 0.5) is 0 Å². The molecule has 0 spiro atoms. The number of aliphatic imine (C=N–C) groups is 1. The molecule has 38 heavy (non-hydrogen) atoms. The minimum absolute atomic E-state index is 0.865. The van der Waals surface area contributed by atoms with Crippen molar-refractivity contribution in [3.63, 3.8) is 0 Å². The smallest absolute Gasteiger partial charge is 0.0721 e. The van der Waals surface area contributed by atoms with Crippen LogP contribution in [-0.2, 0) is 12.8 Å². The zero-order valence-corrected chi connectivity index (χ0v) is 21.0. The molecule has 0 unspecified atom stereocenters. The lowest BCUT2D eigenvalue weighted by atomic mass is 10.0. The third kappa shape index (κ3) is 3.16. The number of nitrogens with zero attached hydrogens (tertiary/aromatic N) is 4. The fourth-order valence-electron chi connectivity index (χ4n) is 6.30. The van der Waals surface area contributed by atoms with Crippen molar-refractivity contribution < 1.29 is 0 Å². The zero-order chi connectivity index (χ0) is 25.1. The van der Waals surface area contributed by atoms with Gasteiger partial charge in [0.15, 0.2) is 0 Å². The lowest BCUT2D eigenvalue weighted by Gasteiger charge is -2.13. The number of pyridine rings is 1. The third-order valence-electron chi connectivity index (χ3n) is 8.06. The summed E-state index contributed by atoms with van der Waals surface area (Å²) in [6, 6.07) is 28.7. The van der Waals surface area contributed by atoms with Gasteiger partial charge < -0.3 is 9.13 Å². The third-order valence-corrected chi connectivity index (χ3v) is 8.06. The Labute approximate surface area is 221 Å². The van der Waals surface area contributed by atoms with Crippen molar-refractivity contribution in [1.82, 2.24) is 14.1 Å². The van der Waals surface area contributed by atoms with Crippen molar-refractivity contribution in [3.05, 3.63) is 120 Å². The Morgan fingerprint density at radius 1 is 0.632 bits per heavy atom. The van der Waals surface area contributed by atoms with Gasteiger partial charge in [0.25, 0.3) is 0 Å². The molecule has 8 rings (SSSR count). The number of aryl methyl sites for hydroxylation is 1. The molecule has 3 aromatic heterocycles. The first-order chi connectivity index (χ1) is 18.9. The minimum Gasteiger partial charge on any atom is -0.308 e. The van der Waals surface area contributed by atoms with Gasteiger partial charge in [-0.25, -0.2) is 0 Å². The van der Waals surface area contributed by atoms with Gasteiger partial charge in [-0.1, -0.05) is 48.5 Å². The topological polar surface area (TPSA) is 35.1 Å². The Morgan fingerprint density at radius 3 is 2.11 bits per heavy atom. The Bertz CT molecular complexity index is 1760. The van der Waals surface area contributed by atoms with Gasteiger partial charge in [-0.05, 0) is 84.0 Å². The highest BCUT2D eigenvalue weighted by atomic mass is 15.0. The maximum Gasteiger partial charge on any atom is 0.0721 e. The largest absolute Gasteiger partial charge is 0.308 e. The molecular formula is C34H26N4. The fourth-order valence-corrected chi connectivity index (χ4v) is 6.30. The quantitative estimate of drug-likeness (QED) is 0.252. The van der Waals surface area contributed by atoms with E-state index in [1.165, 1.54) is 66.8 Å². The number of benzene rings is 3. The minimum atomic E-state index is 0.865. The van der Waals surface area contributed by atoms with E-state index in [0.29, 0.717) is 0 Å². The summed E-state index contributed by atoms with van der Waals surface area (Å²) in [6.07, 6.45) is 13.6. The predicted molar refractivity (Wildman–Crippen MR) is 157 cm³/mol. The molecule has 0 N–H and O–H groups in total. The zero-order valence-electron chi connectivity index (χ0n) is 21.0. The lowest BCUT2D eigenvalue weighted by molar-refractivity contribution is 0.940. The Hall–Kier alpha value is -4.70. The average molecular weight is 491 g/mol. The number of para-hydroxylation sites is 1. The molecule has 0 saturated heterocycles. The van der Waals surface area contributed by atoms with E-state index in [1.807, 2.05) is 18.6 Å². The van der Waals surface area contributed by atoms with Crippen LogP contribution in [0.15, 0.2) is 102 Å². The number of hydrogen-bond acceptors (Lipinski definition) is 2. The molecule has 0 radical (unpaired) electrons. The number of allylic oxidation sites excluding steroid dienone is 1. The molecule has 0 atom stereocenters. The summed E-state index contributed by atoms with van der Waals surface area (Å²) in [5, 5.41) is 2.64. The Kier molecular flexibility index (Phi) is 4.74. The highest BCUT2D eigenvalue weighted by molar-refractivity contribution is 5.97. The molecule has 0 fully saturated rings. The van der Waals surface area contributed by atoms with Gasteiger partial charge >= 0.3 is 0 Å². The van der Waals surface area contributed by atoms with Crippen LogP contribution in [0.1, 0.15) is 28.9 Å². The van der Waals surface area contributed by atoms with Crippen LogP contribution in [0.3, 0.4) is 0 Å². The van der Waals surface area contributed by atoms with Crippen molar-refractivity contribution in [2.24, 2.45) is 4.99 Å². The standard InChI is InChI=1S/C34H26N4/c1-3-7-31-27(5-1)29-17-19-35-21-33(29)37(31)25-13-9-23(10-14-25)24-11-15-26(16-12-24)38-32-8-4-2-6-28(32)30-18-20-36-22-34(30)38/h1,3-5,7-16,18,20-22H,2,6,17,19H2. The number of rotatable bonds is 3. The van der Waals surface area contributed by atoms with Crippen molar-refractivity contribution >= 4 is 34.1 Å².